The molecule has 0 aliphatic carbocycles. The Morgan fingerprint density at radius 2 is 1.91 bits per heavy atom. The van der Waals surface area contributed by atoms with E-state index in [4.69, 9.17) is 32.4 Å². The van der Waals surface area contributed by atoms with Crippen LogP contribution in [-0.2, 0) is 10.4 Å². The van der Waals surface area contributed by atoms with Gasteiger partial charge in [0.2, 0.25) is 0 Å². The van der Waals surface area contributed by atoms with Crippen molar-refractivity contribution in [1.82, 2.24) is 0 Å². The highest BCUT2D eigenvalue weighted by atomic mass is 16.6. The van der Waals surface area contributed by atoms with E-state index in [0.717, 1.165) is 22.3 Å². The van der Waals surface area contributed by atoms with E-state index in [-0.39, 0.29) is 11.3 Å². The average Bonchev–Trinajstić information content (AvgIpc) is 3.07. The van der Waals surface area contributed by atoms with Gasteiger partial charge in [0.1, 0.15) is 18.0 Å². The van der Waals surface area contributed by atoms with Crippen LogP contribution in [0.2, 0.25) is 0 Å². The van der Waals surface area contributed by atoms with Crippen LogP contribution in [0.4, 0.5) is 11.4 Å². The molecule has 0 amide bonds. The first-order valence-corrected chi connectivity index (χ1v) is 10.4. The summed E-state index contributed by atoms with van der Waals surface area (Å²) in [7, 11) is 0. The van der Waals surface area contributed by atoms with Crippen molar-refractivity contribution in [2.24, 2.45) is 11.5 Å². The molecule has 0 bridgehead atoms. The SMILES string of the molecule is C=CCC(N)(N)c1cc(C)c2c(c1)OCC2=Cc1c(N)ccc(C(=O)OC(C)(C)C)c1N. The van der Waals surface area contributed by atoms with Crippen LogP contribution < -0.4 is 27.7 Å². The Morgan fingerprint density at radius 3 is 2.53 bits per heavy atom. The second-order valence-electron chi connectivity index (χ2n) is 9.19. The third-order valence-corrected chi connectivity index (χ3v) is 5.28. The first kappa shape index (κ1) is 23.4. The van der Waals surface area contributed by atoms with Gasteiger partial charge in [-0.2, -0.15) is 0 Å². The zero-order chi connectivity index (χ0) is 23.8. The lowest BCUT2D eigenvalue weighted by Gasteiger charge is -2.24. The molecule has 0 atom stereocenters. The summed E-state index contributed by atoms with van der Waals surface area (Å²) in [5.74, 6) is 0.194. The molecule has 7 heteroatoms. The summed E-state index contributed by atoms with van der Waals surface area (Å²) in [6, 6.07) is 7.05. The zero-order valence-corrected chi connectivity index (χ0v) is 19.1. The third kappa shape index (κ3) is 4.64. The molecule has 0 saturated carbocycles. The Morgan fingerprint density at radius 1 is 1.22 bits per heavy atom. The molecule has 0 aromatic heterocycles. The molecule has 0 unspecified atom stereocenters. The summed E-state index contributed by atoms with van der Waals surface area (Å²) in [6.07, 6.45) is 3.98. The van der Waals surface area contributed by atoms with Crippen LogP contribution in [0.3, 0.4) is 0 Å². The number of benzene rings is 2. The third-order valence-electron chi connectivity index (χ3n) is 5.28. The van der Waals surface area contributed by atoms with Gasteiger partial charge in [-0.05, 0) is 63.1 Å². The van der Waals surface area contributed by atoms with Gasteiger partial charge in [-0.15, -0.1) is 6.58 Å². The monoisotopic (exact) mass is 436 g/mol. The van der Waals surface area contributed by atoms with E-state index in [1.54, 1.807) is 39.0 Å². The Labute approximate surface area is 189 Å². The maximum atomic E-state index is 12.6. The van der Waals surface area contributed by atoms with Crippen molar-refractivity contribution in [3.63, 3.8) is 0 Å². The van der Waals surface area contributed by atoms with Gasteiger partial charge >= 0.3 is 5.97 Å². The maximum Gasteiger partial charge on any atom is 0.340 e. The minimum atomic E-state index is -1.03. The molecule has 1 heterocycles. The fraction of sp³-hybridized carbons (Fsp3) is 0.320. The molecule has 170 valence electrons. The van der Waals surface area contributed by atoms with Crippen molar-refractivity contribution in [2.45, 2.75) is 45.4 Å². The molecule has 1 aliphatic rings. The van der Waals surface area contributed by atoms with E-state index in [9.17, 15) is 4.79 Å². The number of ether oxygens (including phenoxy) is 2. The Balaban J connectivity index is 2.05. The van der Waals surface area contributed by atoms with Gasteiger partial charge in [0.05, 0.1) is 16.9 Å². The summed E-state index contributed by atoms with van der Waals surface area (Å²) in [6.45, 7) is 11.4. The van der Waals surface area contributed by atoms with Crippen molar-refractivity contribution in [2.75, 3.05) is 18.1 Å². The van der Waals surface area contributed by atoms with Gasteiger partial charge < -0.3 is 32.4 Å². The van der Waals surface area contributed by atoms with Crippen LogP contribution in [0.15, 0.2) is 36.9 Å². The molecule has 3 rings (SSSR count). The predicted molar refractivity (Wildman–Crippen MR) is 130 cm³/mol. The smallest absolute Gasteiger partial charge is 0.340 e. The predicted octanol–water partition coefficient (Wildman–Crippen LogP) is 3.69. The molecule has 8 N–H and O–H groups in total. The number of hydrogen-bond donors (Lipinski definition) is 4. The lowest BCUT2D eigenvalue weighted by molar-refractivity contribution is 0.00708. The van der Waals surface area contributed by atoms with Crippen LogP contribution in [0.1, 0.15) is 59.8 Å². The second-order valence-corrected chi connectivity index (χ2v) is 9.19. The van der Waals surface area contributed by atoms with E-state index >= 15 is 0 Å². The van der Waals surface area contributed by atoms with Crippen molar-refractivity contribution >= 4 is 29.0 Å². The molecule has 0 saturated heterocycles. The molecular weight excluding hydrogens is 404 g/mol. The van der Waals surface area contributed by atoms with Crippen LogP contribution >= 0.6 is 0 Å². The fourth-order valence-electron chi connectivity index (χ4n) is 3.75. The first-order chi connectivity index (χ1) is 14.8. The minimum Gasteiger partial charge on any atom is -0.488 e. The Hall–Kier alpha value is -3.29. The number of anilines is 2. The maximum absolute atomic E-state index is 12.6. The normalized spacial score (nSPS) is 14.8. The highest BCUT2D eigenvalue weighted by Crippen LogP contribution is 2.41. The van der Waals surface area contributed by atoms with Crippen molar-refractivity contribution in [1.29, 1.82) is 0 Å². The van der Waals surface area contributed by atoms with Gasteiger partial charge in [0, 0.05) is 28.8 Å². The summed E-state index contributed by atoms with van der Waals surface area (Å²) >= 11 is 0. The van der Waals surface area contributed by atoms with E-state index in [1.165, 1.54) is 0 Å². The number of fused-ring (bicyclic) bond motifs is 1. The van der Waals surface area contributed by atoms with Crippen LogP contribution in [0, 0.1) is 6.92 Å². The first-order valence-electron chi connectivity index (χ1n) is 10.4. The number of carbonyl (C=O) groups excluding carboxylic acids is 1. The van der Waals surface area contributed by atoms with Crippen molar-refractivity contribution in [3.05, 3.63) is 64.7 Å². The van der Waals surface area contributed by atoms with E-state index < -0.39 is 17.2 Å². The Bertz CT molecular complexity index is 1110. The van der Waals surface area contributed by atoms with E-state index in [2.05, 4.69) is 6.58 Å². The quantitative estimate of drug-likeness (QED) is 0.242. The molecule has 32 heavy (non-hydrogen) atoms. The molecule has 7 nitrogen and oxygen atoms in total. The van der Waals surface area contributed by atoms with E-state index in [0.29, 0.717) is 30.0 Å². The standard InChI is InChI=1S/C25H32N4O3/c1-6-9-25(28,29)16-10-14(2)21-15(13-31-20(21)12-16)11-18-19(26)8-7-17(22(18)27)23(30)32-24(3,4)5/h6-8,10-12H,1,9,13,26-29H2,2-5H3. The molecule has 2 aromatic carbocycles. The summed E-state index contributed by atoms with van der Waals surface area (Å²) in [5.41, 5.74) is 28.5. The number of aryl methyl sites for hydroxylation is 1. The number of rotatable bonds is 5. The van der Waals surface area contributed by atoms with Crippen molar-refractivity contribution in [3.8, 4) is 5.75 Å². The molecule has 0 radical (unpaired) electrons. The Kier molecular flexibility index (Phi) is 6.09. The van der Waals surface area contributed by atoms with Crippen LogP contribution in [0.25, 0.3) is 11.6 Å². The van der Waals surface area contributed by atoms with Gasteiger partial charge in [-0.3, -0.25) is 0 Å². The summed E-state index contributed by atoms with van der Waals surface area (Å²) in [4.78, 5) is 12.6. The van der Waals surface area contributed by atoms with Crippen LogP contribution in [0.5, 0.6) is 5.75 Å². The number of carbonyl (C=O) groups is 1. The lowest BCUT2D eigenvalue weighted by atomic mass is 9.91. The topological polar surface area (TPSA) is 140 Å². The number of hydrogen-bond acceptors (Lipinski definition) is 7. The molecule has 0 spiro atoms. The highest BCUT2D eigenvalue weighted by Gasteiger charge is 2.28. The van der Waals surface area contributed by atoms with Gasteiger partial charge in [-0.1, -0.05) is 12.1 Å². The number of nitrogen functional groups attached to an aromatic ring is 2. The van der Waals surface area contributed by atoms with Crippen molar-refractivity contribution < 1.29 is 14.3 Å². The molecule has 2 aromatic rings. The largest absolute Gasteiger partial charge is 0.488 e. The molecular formula is C25H32N4O3. The molecule has 1 aliphatic heterocycles. The average molecular weight is 437 g/mol. The number of esters is 1. The number of nitrogens with two attached hydrogens (primary N) is 4. The summed E-state index contributed by atoms with van der Waals surface area (Å²) in [5, 5.41) is 0. The van der Waals surface area contributed by atoms with Gasteiger partial charge in [0.25, 0.3) is 0 Å². The fourth-order valence-corrected chi connectivity index (χ4v) is 3.75. The molecule has 0 fully saturated rings. The van der Waals surface area contributed by atoms with Crippen LogP contribution in [-0.4, -0.2) is 18.2 Å². The minimum absolute atomic E-state index is 0.267. The highest BCUT2D eigenvalue weighted by molar-refractivity contribution is 6.01. The zero-order valence-electron chi connectivity index (χ0n) is 19.1. The van der Waals surface area contributed by atoms with Gasteiger partial charge in [0.15, 0.2) is 0 Å². The second kappa shape index (κ2) is 8.33. The van der Waals surface area contributed by atoms with E-state index in [1.807, 2.05) is 25.1 Å². The lowest BCUT2D eigenvalue weighted by Crippen LogP contribution is -2.45. The van der Waals surface area contributed by atoms with Gasteiger partial charge in [-0.25, -0.2) is 4.79 Å². The summed E-state index contributed by atoms with van der Waals surface area (Å²) < 4.78 is 11.4.